The summed E-state index contributed by atoms with van der Waals surface area (Å²) in [5.74, 6) is 0.0695. The number of urea groups is 1. The minimum Gasteiger partial charge on any atom is -0.434 e. The highest BCUT2D eigenvalue weighted by Gasteiger charge is 2.18. The Labute approximate surface area is 145 Å². The Bertz CT molecular complexity index is 691. The highest BCUT2D eigenvalue weighted by Crippen LogP contribution is 2.28. The van der Waals surface area contributed by atoms with Crippen molar-refractivity contribution in [3.05, 3.63) is 47.8 Å². The van der Waals surface area contributed by atoms with Crippen LogP contribution in [0.2, 0.25) is 0 Å². The highest BCUT2D eigenvalue weighted by atomic mass is 19.3. The van der Waals surface area contributed by atoms with Crippen LogP contribution in [0.15, 0.2) is 36.7 Å². The van der Waals surface area contributed by atoms with Crippen molar-refractivity contribution in [3.8, 4) is 5.75 Å². The third-order valence-corrected chi connectivity index (χ3v) is 3.68. The number of benzene rings is 1. The second kappa shape index (κ2) is 9.00. The van der Waals surface area contributed by atoms with E-state index in [0.29, 0.717) is 24.9 Å². The molecule has 2 N–H and O–H groups in total. The summed E-state index contributed by atoms with van der Waals surface area (Å²) < 4.78 is 31.3. The first-order valence-electron chi connectivity index (χ1n) is 8.05. The van der Waals surface area contributed by atoms with Crippen LogP contribution in [0.3, 0.4) is 0 Å². The molecule has 1 aromatic heterocycles. The van der Waals surface area contributed by atoms with Crippen molar-refractivity contribution in [1.29, 1.82) is 0 Å². The van der Waals surface area contributed by atoms with Gasteiger partial charge >= 0.3 is 12.6 Å². The van der Waals surface area contributed by atoms with Crippen molar-refractivity contribution in [2.24, 2.45) is 7.05 Å². The van der Waals surface area contributed by atoms with Crippen molar-refractivity contribution in [3.63, 3.8) is 0 Å². The van der Waals surface area contributed by atoms with Gasteiger partial charge in [0.15, 0.2) is 0 Å². The second-order valence-corrected chi connectivity index (χ2v) is 5.55. The molecule has 0 bridgehead atoms. The van der Waals surface area contributed by atoms with Crippen LogP contribution in [-0.4, -0.2) is 29.0 Å². The Kier molecular flexibility index (Phi) is 6.73. The Balaban J connectivity index is 1.91. The van der Waals surface area contributed by atoms with Gasteiger partial charge in [0.25, 0.3) is 0 Å². The molecule has 0 spiro atoms. The molecule has 0 aliphatic rings. The van der Waals surface area contributed by atoms with Crippen LogP contribution in [-0.2, 0) is 13.5 Å². The third-order valence-electron chi connectivity index (χ3n) is 3.68. The SMILES string of the molecule is CC[C@@H](NC(=O)NCCc1cnn(C)c1)c1ccccc1OC(F)F. The van der Waals surface area contributed by atoms with Gasteiger partial charge < -0.3 is 15.4 Å². The van der Waals surface area contributed by atoms with E-state index in [1.165, 1.54) is 6.07 Å². The van der Waals surface area contributed by atoms with Gasteiger partial charge in [-0.25, -0.2) is 4.79 Å². The van der Waals surface area contributed by atoms with Gasteiger partial charge in [-0.1, -0.05) is 25.1 Å². The number of rotatable bonds is 8. The molecule has 0 saturated heterocycles. The lowest BCUT2D eigenvalue weighted by Gasteiger charge is -2.20. The maximum atomic E-state index is 12.5. The molecule has 2 aromatic rings. The number of alkyl halides is 2. The van der Waals surface area contributed by atoms with Gasteiger partial charge in [0, 0.05) is 25.4 Å². The molecule has 1 heterocycles. The van der Waals surface area contributed by atoms with E-state index in [0.717, 1.165) is 5.56 Å². The second-order valence-electron chi connectivity index (χ2n) is 5.55. The molecule has 2 rings (SSSR count). The zero-order valence-corrected chi connectivity index (χ0v) is 14.2. The number of hydrogen-bond acceptors (Lipinski definition) is 3. The first-order valence-corrected chi connectivity index (χ1v) is 8.05. The number of nitrogens with zero attached hydrogens (tertiary/aromatic N) is 2. The first kappa shape index (κ1) is 18.7. The summed E-state index contributed by atoms with van der Waals surface area (Å²) in [6.07, 6.45) is 4.82. The van der Waals surface area contributed by atoms with E-state index in [9.17, 15) is 13.6 Å². The normalized spacial score (nSPS) is 12.0. The molecule has 0 aliphatic carbocycles. The van der Waals surface area contributed by atoms with Crippen LogP contribution in [0.25, 0.3) is 0 Å². The number of nitrogens with one attached hydrogen (secondary N) is 2. The van der Waals surface area contributed by atoms with Gasteiger partial charge in [0.1, 0.15) is 5.75 Å². The molecule has 1 atom stereocenters. The van der Waals surface area contributed by atoms with Crippen LogP contribution < -0.4 is 15.4 Å². The van der Waals surface area contributed by atoms with Gasteiger partial charge in [-0.3, -0.25) is 4.68 Å². The monoisotopic (exact) mass is 352 g/mol. The zero-order valence-electron chi connectivity index (χ0n) is 14.2. The molecular formula is C17H22F2N4O2. The van der Waals surface area contributed by atoms with Gasteiger partial charge in [-0.15, -0.1) is 0 Å². The van der Waals surface area contributed by atoms with E-state index < -0.39 is 12.7 Å². The fraction of sp³-hybridized carbons (Fsp3) is 0.412. The van der Waals surface area contributed by atoms with Gasteiger partial charge in [0.05, 0.1) is 12.2 Å². The fourth-order valence-electron chi connectivity index (χ4n) is 2.50. The topological polar surface area (TPSA) is 68.2 Å². The Morgan fingerprint density at radius 1 is 1.36 bits per heavy atom. The largest absolute Gasteiger partial charge is 0.434 e. The standard InChI is InChI=1S/C17H22F2N4O2/c1-3-14(13-6-4-5-7-15(13)25-16(18)19)22-17(24)20-9-8-12-10-21-23(2)11-12/h4-7,10-11,14,16H,3,8-9H2,1-2H3,(H2,20,22,24)/t14-/m1/s1. The van der Waals surface area contributed by atoms with Gasteiger partial charge in [-0.05, 0) is 24.5 Å². The molecule has 0 unspecified atom stereocenters. The van der Waals surface area contributed by atoms with Crippen molar-refractivity contribution >= 4 is 6.03 Å². The van der Waals surface area contributed by atoms with E-state index in [2.05, 4.69) is 20.5 Å². The molecule has 8 heteroatoms. The number of ether oxygens (including phenoxy) is 1. The molecule has 0 saturated carbocycles. The number of para-hydroxylation sites is 1. The Morgan fingerprint density at radius 3 is 2.76 bits per heavy atom. The lowest BCUT2D eigenvalue weighted by Crippen LogP contribution is -2.38. The number of aromatic nitrogens is 2. The number of aryl methyl sites for hydroxylation is 1. The lowest BCUT2D eigenvalue weighted by atomic mass is 10.0. The summed E-state index contributed by atoms with van der Waals surface area (Å²) in [5.41, 5.74) is 1.54. The molecule has 6 nitrogen and oxygen atoms in total. The van der Waals surface area contributed by atoms with Crippen LogP contribution in [0.5, 0.6) is 5.75 Å². The minimum atomic E-state index is -2.91. The summed E-state index contributed by atoms with van der Waals surface area (Å²) in [5, 5.41) is 9.61. The summed E-state index contributed by atoms with van der Waals surface area (Å²) in [6, 6.07) is 5.68. The molecule has 1 aromatic carbocycles. The smallest absolute Gasteiger partial charge is 0.387 e. The maximum absolute atomic E-state index is 12.5. The maximum Gasteiger partial charge on any atom is 0.387 e. The molecule has 136 valence electrons. The van der Waals surface area contributed by atoms with Crippen LogP contribution in [0.1, 0.15) is 30.5 Å². The van der Waals surface area contributed by atoms with Crippen molar-refractivity contribution < 1.29 is 18.3 Å². The molecule has 25 heavy (non-hydrogen) atoms. The van der Waals surface area contributed by atoms with E-state index in [1.54, 1.807) is 29.1 Å². The number of carbonyl (C=O) groups is 1. The number of halogens is 2. The molecule has 0 fully saturated rings. The van der Waals surface area contributed by atoms with Crippen molar-refractivity contribution in [1.82, 2.24) is 20.4 Å². The molecule has 2 amide bonds. The summed E-state index contributed by atoms with van der Waals surface area (Å²) in [6.45, 7) is -0.602. The average molecular weight is 352 g/mol. The summed E-state index contributed by atoms with van der Waals surface area (Å²) in [4.78, 5) is 12.1. The highest BCUT2D eigenvalue weighted by molar-refractivity contribution is 5.74. The minimum absolute atomic E-state index is 0.0695. The van der Waals surface area contributed by atoms with E-state index >= 15 is 0 Å². The first-order chi connectivity index (χ1) is 12.0. The van der Waals surface area contributed by atoms with Gasteiger partial charge in [-0.2, -0.15) is 13.9 Å². The Morgan fingerprint density at radius 2 is 2.12 bits per heavy atom. The number of amides is 2. The van der Waals surface area contributed by atoms with Crippen molar-refractivity contribution in [2.75, 3.05) is 6.54 Å². The average Bonchev–Trinajstić information content (AvgIpc) is 2.98. The predicted octanol–water partition coefficient (Wildman–Crippen LogP) is 3.01. The summed E-state index contributed by atoms with van der Waals surface area (Å²) in [7, 11) is 1.83. The quantitative estimate of drug-likeness (QED) is 0.767. The van der Waals surface area contributed by atoms with Crippen LogP contribution in [0.4, 0.5) is 13.6 Å². The lowest BCUT2D eigenvalue weighted by molar-refractivity contribution is -0.0506. The Hall–Kier alpha value is -2.64. The molecule has 0 aliphatic heterocycles. The predicted molar refractivity (Wildman–Crippen MR) is 89.6 cm³/mol. The van der Waals surface area contributed by atoms with E-state index in [4.69, 9.17) is 0 Å². The molecular weight excluding hydrogens is 330 g/mol. The molecule has 0 radical (unpaired) electrons. The fourth-order valence-corrected chi connectivity index (χ4v) is 2.50. The third kappa shape index (κ3) is 5.74. The van der Waals surface area contributed by atoms with E-state index in [-0.39, 0.29) is 11.8 Å². The zero-order chi connectivity index (χ0) is 18.2. The summed E-state index contributed by atoms with van der Waals surface area (Å²) >= 11 is 0. The van der Waals surface area contributed by atoms with Crippen molar-refractivity contribution in [2.45, 2.75) is 32.4 Å². The number of hydrogen-bond donors (Lipinski definition) is 2. The van der Waals surface area contributed by atoms with Crippen LogP contribution in [0, 0.1) is 0 Å². The van der Waals surface area contributed by atoms with Crippen LogP contribution >= 0.6 is 0 Å². The van der Waals surface area contributed by atoms with Gasteiger partial charge in [0.2, 0.25) is 0 Å². The number of carbonyl (C=O) groups excluding carboxylic acids is 1. The van der Waals surface area contributed by atoms with E-state index in [1.807, 2.05) is 20.2 Å².